The molecule has 1 atom stereocenters. The summed E-state index contributed by atoms with van der Waals surface area (Å²) in [6.45, 7) is 37.3. The molecule has 0 heterocycles. The van der Waals surface area contributed by atoms with Crippen molar-refractivity contribution in [3.63, 3.8) is 0 Å². The van der Waals surface area contributed by atoms with Gasteiger partial charge >= 0.3 is 0 Å². The molecule has 0 saturated heterocycles. The molecule has 0 bridgehead atoms. The SMILES string of the molecule is C.C.C.C.C=C(C)C(/C=C\C)=C(/C)C(C)(C)C.CC.Cc1ccc(C(C)(Cc2ccccc2)c2cc(C)cc(CC(C)(C)C(C)C)c2)cc1. The molecule has 3 rings (SSSR count). The highest BCUT2D eigenvalue weighted by Gasteiger charge is 2.31. The maximum absolute atomic E-state index is 4.00. The second kappa shape index (κ2) is 23.3. The highest BCUT2D eigenvalue weighted by molar-refractivity contribution is 5.45. The zero-order valence-electron chi connectivity index (χ0n) is 31.8. The molecule has 0 nitrogen and oxygen atoms in total. The first-order valence-electron chi connectivity index (χ1n) is 17.1. The number of hydrogen-bond acceptors (Lipinski definition) is 0. The van der Waals surface area contributed by atoms with Gasteiger partial charge in [-0.05, 0) is 92.0 Å². The van der Waals surface area contributed by atoms with Gasteiger partial charge in [0.1, 0.15) is 0 Å². The van der Waals surface area contributed by atoms with Gasteiger partial charge in [-0.25, -0.2) is 0 Å². The van der Waals surface area contributed by atoms with Crippen molar-refractivity contribution < 1.29 is 0 Å². The van der Waals surface area contributed by atoms with Crippen LogP contribution in [0.1, 0.15) is 153 Å². The van der Waals surface area contributed by atoms with Crippen LogP contribution in [0.5, 0.6) is 0 Å². The Morgan fingerprint density at radius 2 is 1.18 bits per heavy atom. The Morgan fingerprint density at radius 1 is 0.673 bits per heavy atom. The lowest BCUT2D eigenvalue weighted by molar-refractivity contribution is 0.248. The van der Waals surface area contributed by atoms with Crippen molar-refractivity contribution >= 4 is 0 Å². The molecule has 0 N–H and O–H groups in total. The van der Waals surface area contributed by atoms with Crippen molar-refractivity contribution in [1.29, 1.82) is 0 Å². The summed E-state index contributed by atoms with van der Waals surface area (Å²) in [6.07, 6.45) is 6.31. The van der Waals surface area contributed by atoms with Gasteiger partial charge in [0.25, 0.3) is 0 Å². The molecule has 0 aliphatic heterocycles. The lowest BCUT2D eigenvalue weighted by atomic mass is 9.70. The van der Waals surface area contributed by atoms with E-state index in [4.69, 9.17) is 0 Å². The first-order chi connectivity index (χ1) is 20.9. The minimum Gasteiger partial charge on any atom is -0.0955 e. The molecule has 49 heavy (non-hydrogen) atoms. The minimum absolute atomic E-state index is 0. The first kappa shape index (κ1) is 52.7. The fourth-order valence-corrected chi connectivity index (χ4v) is 5.47. The van der Waals surface area contributed by atoms with Gasteiger partial charge in [-0.1, -0.05) is 213 Å². The Labute approximate surface area is 309 Å². The largest absolute Gasteiger partial charge is 0.0955 e. The third-order valence-corrected chi connectivity index (χ3v) is 9.41. The number of rotatable bonds is 9. The fraction of sp³-hybridized carbons (Fsp3) is 0.510. The molecule has 0 aliphatic rings. The first-order valence-corrected chi connectivity index (χ1v) is 17.1. The molecule has 278 valence electrons. The predicted molar refractivity (Wildman–Crippen MR) is 231 cm³/mol. The van der Waals surface area contributed by atoms with Crippen molar-refractivity contribution in [1.82, 2.24) is 0 Å². The summed E-state index contributed by atoms with van der Waals surface area (Å²) < 4.78 is 0. The molecule has 0 aromatic heterocycles. The summed E-state index contributed by atoms with van der Waals surface area (Å²) >= 11 is 0. The van der Waals surface area contributed by atoms with Gasteiger partial charge in [-0.2, -0.15) is 0 Å². The molecule has 0 saturated carbocycles. The highest BCUT2D eigenvalue weighted by atomic mass is 14.3. The summed E-state index contributed by atoms with van der Waals surface area (Å²) in [5, 5.41) is 0. The van der Waals surface area contributed by atoms with Crippen LogP contribution in [0.15, 0.2) is 108 Å². The average molecular weight is 671 g/mol. The van der Waals surface area contributed by atoms with Crippen molar-refractivity contribution in [2.75, 3.05) is 0 Å². The summed E-state index contributed by atoms with van der Waals surface area (Å²) in [7, 11) is 0. The van der Waals surface area contributed by atoms with Gasteiger partial charge in [0.15, 0.2) is 0 Å². The van der Waals surface area contributed by atoms with E-state index < -0.39 is 0 Å². The number of benzene rings is 3. The molecular weight excluding hydrogens is 589 g/mol. The molecule has 0 spiro atoms. The van der Waals surface area contributed by atoms with E-state index in [9.17, 15) is 0 Å². The topological polar surface area (TPSA) is 0 Å². The number of allylic oxidation sites excluding steroid dienone is 5. The maximum Gasteiger partial charge on any atom is 0.0215 e. The van der Waals surface area contributed by atoms with Crippen LogP contribution < -0.4 is 0 Å². The van der Waals surface area contributed by atoms with Crippen LogP contribution >= 0.6 is 0 Å². The predicted octanol–water partition coefficient (Wildman–Crippen LogP) is 16.1. The highest BCUT2D eigenvalue weighted by Crippen LogP contribution is 2.38. The normalized spacial score (nSPS) is 12.6. The van der Waals surface area contributed by atoms with Gasteiger partial charge < -0.3 is 0 Å². The fourth-order valence-electron chi connectivity index (χ4n) is 5.47. The molecule has 0 fully saturated rings. The van der Waals surface area contributed by atoms with Gasteiger partial charge in [0.05, 0.1) is 0 Å². The molecule has 3 aromatic carbocycles. The third kappa shape index (κ3) is 16.0. The maximum atomic E-state index is 4.00. The van der Waals surface area contributed by atoms with Crippen molar-refractivity contribution in [3.8, 4) is 0 Å². The Bertz CT molecular complexity index is 1380. The van der Waals surface area contributed by atoms with Crippen LogP contribution in [-0.2, 0) is 18.3 Å². The van der Waals surface area contributed by atoms with Crippen LogP contribution in [0.4, 0.5) is 0 Å². The second-order valence-corrected chi connectivity index (χ2v) is 15.0. The lowest BCUT2D eigenvalue weighted by Crippen LogP contribution is -2.28. The van der Waals surface area contributed by atoms with E-state index in [0.717, 1.165) is 18.4 Å². The van der Waals surface area contributed by atoms with Gasteiger partial charge in [-0.3, -0.25) is 0 Å². The standard InChI is InChI=1S/C30H38.C13H22.C2H6.4CH4/c1-22(2)29(5,6)20-26-17-24(4)18-28(19-26)30(7,21-25-11-9-8-10-12-25)27-15-13-23(3)14-16-27;1-8-9-12(10(2)3)11(4)13(5,6)7;1-2;;;;/h8-19,22H,20-21H2,1-7H3;8-9H,2H2,1,3-7H3;1-2H3;4*1H4/b;9-8-,12-11-;;;;;. The van der Waals surface area contributed by atoms with E-state index in [1.807, 2.05) is 20.8 Å². The number of aryl methyl sites for hydroxylation is 2. The van der Waals surface area contributed by atoms with Crippen molar-refractivity contribution in [2.45, 2.75) is 152 Å². The summed E-state index contributed by atoms with van der Waals surface area (Å²) in [6, 6.07) is 27.3. The van der Waals surface area contributed by atoms with E-state index in [0.29, 0.717) is 5.92 Å². The van der Waals surface area contributed by atoms with E-state index in [1.54, 1.807) is 0 Å². The van der Waals surface area contributed by atoms with E-state index in [1.165, 1.54) is 44.5 Å². The third-order valence-electron chi connectivity index (χ3n) is 9.41. The molecule has 0 heteroatoms. The lowest BCUT2D eigenvalue weighted by Gasteiger charge is -2.34. The van der Waals surface area contributed by atoms with E-state index >= 15 is 0 Å². The van der Waals surface area contributed by atoms with E-state index in [2.05, 4.69) is 175 Å². The average Bonchev–Trinajstić information content (AvgIpc) is 2.96. The van der Waals surface area contributed by atoms with Crippen LogP contribution in [-0.4, -0.2) is 0 Å². The van der Waals surface area contributed by atoms with Crippen LogP contribution in [0, 0.1) is 30.6 Å². The quantitative estimate of drug-likeness (QED) is 0.199. The Balaban J connectivity index is -0.000000459. The second-order valence-electron chi connectivity index (χ2n) is 15.0. The van der Waals surface area contributed by atoms with Gasteiger partial charge in [-0.15, -0.1) is 0 Å². The van der Waals surface area contributed by atoms with Crippen LogP contribution in [0.25, 0.3) is 0 Å². The van der Waals surface area contributed by atoms with Crippen molar-refractivity contribution in [2.24, 2.45) is 16.7 Å². The minimum atomic E-state index is -0.0716. The van der Waals surface area contributed by atoms with Gasteiger partial charge in [0.2, 0.25) is 0 Å². The van der Waals surface area contributed by atoms with E-state index in [-0.39, 0.29) is 46.0 Å². The monoisotopic (exact) mass is 671 g/mol. The summed E-state index contributed by atoms with van der Waals surface area (Å²) in [4.78, 5) is 0. The Morgan fingerprint density at radius 3 is 1.61 bits per heavy atom. The number of hydrogen-bond donors (Lipinski definition) is 0. The molecule has 0 radical (unpaired) electrons. The Kier molecular flexibility index (Phi) is 25.1. The zero-order chi connectivity index (χ0) is 34.6. The van der Waals surface area contributed by atoms with Gasteiger partial charge in [0, 0.05) is 5.41 Å². The van der Waals surface area contributed by atoms with Crippen LogP contribution in [0.2, 0.25) is 0 Å². The summed E-state index contributed by atoms with van der Waals surface area (Å²) in [5.41, 5.74) is 12.6. The molecule has 0 amide bonds. The summed E-state index contributed by atoms with van der Waals surface area (Å²) in [5.74, 6) is 0.647. The molecule has 1 unspecified atom stereocenters. The molecule has 0 aliphatic carbocycles. The molecular formula is C49H82. The Hall–Kier alpha value is -3.12. The smallest absolute Gasteiger partial charge is 0.0215 e. The zero-order valence-corrected chi connectivity index (χ0v) is 31.8. The van der Waals surface area contributed by atoms with Crippen molar-refractivity contribution in [3.05, 3.63) is 142 Å². The van der Waals surface area contributed by atoms with Crippen LogP contribution in [0.3, 0.4) is 0 Å². The molecule has 3 aromatic rings.